The van der Waals surface area contributed by atoms with E-state index in [1.807, 2.05) is 13.8 Å². The van der Waals surface area contributed by atoms with Gasteiger partial charge in [0.05, 0.1) is 6.54 Å². The maximum Gasteiger partial charge on any atom is 0.236 e. The highest BCUT2D eigenvalue weighted by Gasteiger charge is 2.00. The molecule has 70 valence electrons. The van der Waals surface area contributed by atoms with Crippen LogP contribution in [0.1, 0.15) is 13.8 Å². The summed E-state index contributed by atoms with van der Waals surface area (Å²) in [6, 6.07) is 0. The summed E-state index contributed by atoms with van der Waals surface area (Å²) in [5.74, 6) is 0.108. The third kappa shape index (κ3) is 5.92. The topological polar surface area (TPSA) is 32.3 Å². The number of likely N-dealkylation sites (N-methyl/N-ethyl adjacent to an activating group) is 1. The van der Waals surface area contributed by atoms with Crippen molar-refractivity contribution in [2.45, 2.75) is 13.8 Å². The molecule has 12 heavy (non-hydrogen) atoms. The van der Waals surface area contributed by atoms with E-state index in [9.17, 15) is 4.79 Å². The van der Waals surface area contributed by atoms with E-state index >= 15 is 0 Å². The quantitative estimate of drug-likeness (QED) is 0.496. The highest BCUT2D eigenvalue weighted by Crippen LogP contribution is 1.85. The molecule has 1 N–H and O–H groups in total. The Morgan fingerprint density at radius 3 is 2.42 bits per heavy atom. The van der Waals surface area contributed by atoms with E-state index in [0.717, 1.165) is 6.54 Å². The number of carbonyl (C=O) groups is 1. The van der Waals surface area contributed by atoms with Crippen molar-refractivity contribution in [2.75, 3.05) is 27.2 Å². The standard InChI is InChI=1S/C9H18N2O/c1-8(2)5-6-10-7-9(12)11(3)4/h5,10H,6-7H2,1-4H3. The van der Waals surface area contributed by atoms with Crippen LogP contribution in [0.25, 0.3) is 0 Å². The molecule has 0 aromatic heterocycles. The minimum Gasteiger partial charge on any atom is -0.348 e. The molecule has 3 heteroatoms. The SMILES string of the molecule is CC(C)=CCNCC(=O)N(C)C. The third-order valence-corrected chi connectivity index (χ3v) is 1.43. The normalized spacial score (nSPS) is 9.33. The Labute approximate surface area is 74.4 Å². The van der Waals surface area contributed by atoms with Gasteiger partial charge in [0.25, 0.3) is 0 Å². The number of hydrogen-bond acceptors (Lipinski definition) is 2. The minimum atomic E-state index is 0.108. The van der Waals surface area contributed by atoms with Gasteiger partial charge in [-0.15, -0.1) is 0 Å². The number of carbonyl (C=O) groups excluding carboxylic acids is 1. The summed E-state index contributed by atoms with van der Waals surface area (Å²) in [7, 11) is 3.51. The summed E-state index contributed by atoms with van der Waals surface area (Å²) in [5, 5.41) is 3.03. The molecule has 0 unspecified atom stereocenters. The van der Waals surface area contributed by atoms with Gasteiger partial charge < -0.3 is 10.2 Å². The largest absolute Gasteiger partial charge is 0.348 e. The molecule has 0 aromatic carbocycles. The number of nitrogens with zero attached hydrogens (tertiary/aromatic N) is 1. The van der Waals surface area contributed by atoms with Crippen LogP contribution in [0.2, 0.25) is 0 Å². The van der Waals surface area contributed by atoms with Crippen LogP contribution in [0.3, 0.4) is 0 Å². The second-order valence-electron chi connectivity index (χ2n) is 3.20. The van der Waals surface area contributed by atoms with Crippen molar-refractivity contribution in [2.24, 2.45) is 0 Å². The highest BCUT2D eigenvalue weighted by atomic mass is 16.2. The van der Waals surface area contributed by atoms with Gasteiger partial charge >= 0.3 is 0 Å². The van der Waals surface area contributed by atoms with Crippen LogP contribution >= 0.6 is 0 Å². The molecule has 0 heterocycles. The van der Waals surface area contributed by atoms with Crippen LogP contribution in [0.5, 0.6) is 0 Å². The molecule has 0 radical (unpaired) electrons. The number of nitrogens with one attached hydrogen (secondary N) is 1. The lowest BCUT2D eigenvalue weighted by Crippen LogP contribution is -2.32. The van der Waals surface area contributed by atoms with Crippen molar-refractivity contribution in [3.63, 3.8) is 0 Å². The Kier molecular flexibility index (Phi) is 5.37. The van der Waals surface area contributed by atoms with E-state index < -0.39 is 0 Å². The van der Waals surface area contributed by atoms with Gasteiger partial charge in [-0.1, -0.05) is 11.6 Å². The van der Waals surface area contributed by atoms with Gasteiger partial charge in [-0.05, 0) is 13.8 Å². The third-order valence-electron chi connectivity index (χ3n) is 1.43. The van der Waals surface area contributed by atoms with Crippen LogP contribution in [0.4, 0.5) is 0 Å². The number of allylic oxidation sites excluding steroid dienone is 1. The predicted molar refractivity (Wildman–Crippen MR) is 51.0 cm³/mol. The first-order valence-electron chi connectivity index (χ1n) is 4.08. The monoisotopic (exact) mass is 170 g/mol. The van der Waals surface area contributed by atoms with Crippen LogP contribution in [0.15, 0.2) is 11.6 Å². The van der Waals surface area contributed by atoms with Crippen molar-refractivity contribution in [1.82, 2.24) is 10.2 Å². The molecule has 0 aromatic rings. The summed E-state index contributed by atoms with van der Waals surface area (Å²) in [4.78, 5) is 12.6. The summed E-state index contributed by atoms with van der Waals surface area (Å²) < 4.78 is 0. The molecule has 0 aliphatic carbocycles. The predicted octanol–water partition coefficient (Wildman–Crippen LogP) is 0.630. The average Bonchev–Trinajstić information content (AvgIpc) is 1.97. The summed E-state index contributed by atoms with van der Waals surface area (Å²) in [5.41, 5.74) is 1.26. The molecule has 0 spiro atoms. The maximum atomic E-state index is 11.0. The summed E-state index contributed by atoms with van der Waals surface area (Å²) >= 11 is 0. The van der Waals surface area contributed by atoms with E-state index in [1.54, 1.807) is 19.0 Å². The van der Waals surface area contributed by atoms with Crippen molar-refractivity contribution in [3.05, 3.63) is 11.6 Å². The summed E-state index contributed by atoms with van der Waals surface area (Å²) in [6.07, 6.45) is 2.06. The second kappa shape index (κ2) is 5.77. The molecule has 0 rings (SSSR count). The molecule has 0 saturated carbocycles. The Bertz CT molecular complexity index is 169. The van der Waals surface area contributed by atoms with Gasteiger partial charge in [-0.2, -0.15) is 0 Å². The van der Waals surface area contributed by atoms with Crippen molar-refractivity contribution in [1.29, 1.82) is 0 Å². The van der Waals surface area contributed by atoms with Crippen LogP contribution < -0.4 is 5.32 Å². The zero-order valence-electron chi connectivity index (χ0n) is 8.35. The van der Waals surface area contributed by atoms with Gasteiger partial charge in [0.15, 0.2) is 0 Å². The van der Waals surface area contributed by atoms with Crippen LogP contribution in [0, 0.1) is 0 Å². The Morgan fingerprint density at radius 1 is 1.42 bits per heavy atom. The summed E-state index contributed by atoms with van der Waals surface area (Å²) in [6.45, 7) is 5.25. The molecule has 0 aliphatic heterocycles. The first kappa shape index (κ1) is 11.2. The van der Waals surface area contributed by atoms with Gasteiger partial charge in [0.1, 0.15) is 0 Å². The molecule has 0 saturated heterocycles. The fourth-order valence-corrected chi connectivity index (χ4v) is 0.614. The Morgan fingerprint density at radius 2 is 2.00 bits per heavy atom. The lowest BCUT2D eigenvalue weighted by molar-refractivity contribution is -0.127. The number of hydrogen-bond donors (Lipinski definition) is 1. The van der Waals surface area contributed by atoms with E-state index in [4.69, 9.17) is 0 Å². The van der Waals surface area contributed by atoms with Crippen molar-refractivity contribution in [3.8, 4) is 0 Å². The molecular weight excluding hydrogens is 152 g/mol. The van der Waals surface area contributed by atoms with Gasteiger partial charge in [0, 0.05) is 20.6 Å². The molecule has 0 fully saturated rings. The molecule has 1 amide bonds. The number of rotatable bonds is 4. The minimum absolute atomic E-state index is 0.108. The Balaban J connectivity index is 3.45. The second-order valence-corrected chi connectivity index (χ2v) is 3.20. The lowest BCUT2D eigenvalue weighted by atomic mass is 10.3. The fourth-order valence-electron chi connectivity index (χ4n) is 0.614. The molecule has 0 bridgehead atoms. The first-order chi connectivity index (χ1) is 5.54. The first-order valence-corrected chi connectivity index (χ1v) is 4.08. The molecule has 3 nitrogen and oxygen atoms in total. The van der Waals surface area contributed by atoms with Gasteiger partial charge in [-0.25, -0.2) is 0 Å². The van der Waals surface area contributed by atoms with E-state index in [0.29, 0.717) is 6.54 Å². The van der Waals surface area contributed by atoms with Crippen molar-refractivity contribution >= 4 is 5.91 Å². The van der Waals surface area contributed by atoms with Crippen LogP contribution in [-0.2, 0) is 4.79 Å². The fraction of sp³-hybridized carbons (Fsp3) is 0.667. The average molecular weight is 170 g/mol. The molecular formula is C9H18N2O. The van der Waals surface area contributed by atoms with E-state index in [2.05, 4.69) is 11.4 Å². The molecule has 0 atom stereocenters. The lowest BCUT2D eigenvalue weighted by Gasteiger charge is -2.09. The zero-order chi connectivity index (χ0) is 9.56. The van der Waals surface area contributed by atoms with Gasteiger partial charge in [0.2, 0.25) is 5.91 Å². The van der Waals surface area contributed by atoms with E-state index in [-0.39, 0.29) is 5.91 Å². The Hall–Kier alpha value is -0.830. The zero-order valence-corrected chi connectivity index (χ0v) is 8.35. The van der Waals surface area contributed by atoms with E-state index in [1.165, 1.54) is 5.57 Å². The van der Waals surface area contributed by atoms with Crippen molar-refractivity contribution < 1.29 is 4.79 Å². The smallest absolute Gasteiger partial charge is 0.236 e. The molecule has 0 aliphatic rings. The van der Waals surface area contributed by atoms with Crippen LogP contribution in [-0.4, -0.2) is 38.0 Å². The maximum absolute atomic E-state index is 11.0. The number of amides is 1. The highest BCUT2D eigenvalue weighted by molar-refractivity contribution is 5.77. The van der Waals surface area contributed by atoms with Gasteiger partial charge in [-0.3, -0.25) is 4.79 Å².